The Morgan fingerprint density at radius 2 is 2.09 bits per heavy atom. The van der Waals surface area contributed by atoms with E-state index in [4.69, 9.17) is 19.2 Å². The number of benzene rings is 2. The van der Waals surface area contributed by atoms with E-state index in [0.29, 0.717) is 24.5 Å². The Hall–Kier alpha value is -3.32. The summed E-state index contributed by atoms with van der Waals surface area (Å²) in [6.07, 6.45) is 3.63. The number of methoxy groups -OCH3 is 1. The summed E-state index contributed by atoms with van der Waals surface area (Å²) in [5, 5.41) is 3.31. The average molecular weight is 452 g/mol. The lowest BCUT2D eigenvalue weighted by Gasteiger charge is -2.19. The summed E-state index contributed by atoms with van der Waals surface area (Å²) in [5.41, 5.74) is 3.04. The molecule has 1 saturated heterocycles. The van der Waals surface area contributed by atoms with Gasteiger partial charge in [-0.15, -0.1) is 0 Å². The SMILES string of the molecule is CC/C=C(\N=C(C)Nc1cccc(OC)c1)c1ccc(O[C@H]2CCOC2)c(C(=O)N(C)C)c1. The third-order valence-electron chi connectivity index (χ3n) is 5.17. The maximum absolute atomic E-state index is 12.9. The Balaban J connectivity index is 1.91. The lowest BCUT2D eigenvalue weighted by molar-refractivity contribution is 0.0817. The summed E-state index contributed by atoms with van der Waals surface area (Å²) in [7, 11) is 5.11. The highest BCUT2D eigenvalue weighted by molar-refractivity contribution is 5.99. The monoisotopic (exact) mass is 451 g/mol. The molecule has 0 aliphatic carbocycles. The Kier molecular flexibility index (Phi) is 8.49. The molecule has 0 aromatic heterocycles. The Bertz CT molecular complexity index is 1020. The smallest absolute Gasteiger partial charge is 0.257 e. The Labute approximate surface area is 196 Å². The summed E-state index contributed by atoms with van der Waals surface area (Å²) in [4.78, 5) is 19.3. The van der Waals surface area contributed by atoms with E-state index in [-0.39, 0.29) is 12.0 Å². The lowest BCUT2D eigenvalue weighted by Crippen LogP contribution is -2.24. The summed E-state index contributed by atoms with van der Waals surface area (Å²) < 4.78 is 16.8. The molecule has 1 atom stereocenters. The van der Waals surface area contributed by atoms with Gasteiger partial charge in [-0.2, -0.15) is 0 Å². The number of anilines is 1. The van der Waals surface area contributed by atoms with Crippen molar-refractivity contribution in [3.05, 3.63) is 59.7 Å². The quantitative estimate of drug-likeness (QED) is 0.459. The molecule has 2 aromatic carbocycles. The summed E-state index contributed by atoms with van der Waals surface area (Å²) in [6.45, 7) is 5.19. The average Bonchev–Trinajstić information content (AvgIpc) is 3.31. The number of rotatable bonds is 8. The van der Waals surface area contributed by atoms with Crippen molar-refractivity contribution in [2.75, 3.05) is 39.7 Å². The molecule has 7 nitrogen and oxygen atoms in total. The van der Waals surface area contributed by atoms with Crippen LogP contribution in [0.2, 0.25) is 0 Å². The fourth-order valence-electron chi connectivity index (χ4n) is 3.53. The zero-order chi connectivity index (χ0) is 23.8. The molecule has 7 heteroatoms. The molecular weight excluding hydrogens is 418 g/mol. The number of aliphatic imine (C=N–C) groups is 1. The van der Waals surface area contributed by atoms with Crippen molar-refractivity contribution in [3.8, 4) is 11.5 Å². The molecule has 1 N–H and O–H groups in total. The van der Waals surface area contributed by atoms with Crippen molar-refractivity contribution in [2.24, 2.45) is 4.99 Å². The van der Waals surface area contributed by atoms with E-state index in [2.05, 4.69) is 12.2 Å². The van der Waals surface area contributed by atoms with Gasteiger partial charge in [0.05, 0.1) is 31.6 Å². The van der Waals surface area contributed by atoms with Gasteiger partial charge in [0, 0.05) is 37.8 Å². The number of nitrogens with one attached hydrogen (secondary N) is 1. The van der Waals surface area contributed by atoms with E-state index in [1.807, 2.05) is 55.5 Å². The maximum atomic E-state index is 12.9. The van der Waals surface area contributed by atoms with Crippen LogP contribution in [0.15, 0.2) is 53.5 Å². The van der Waals surface area contributed by atoms with Crippen molar-refractivity contribution < 1.29 is 19.0 Å². The first-order valence-corrected chi connectivity index (χ1v) is 11.2. The first kappa shape index (κ1) is 24.3. The first-order chi connectivity index (χ1) is 15.9. The minimum absolute atomic E-state index is 0.0393. The zero-order valence-corrected chi connectivity index (χ0v) is 20.1. The predicted octanol–water partition coefficient (Wildman–Crippen LogP) is 4.85. The van der Waals surface area contributed by atoms with Crippen LogP contribution in [-0.2, 0) is 4.74 Å². The predicted molar refractivity (Wildman–Crippen MR) is 132 cm³/mol. The second kappa shape index (κ2) is 11.5. The largest absolute Gasteiger partial charge is 0.497 e. The van der Waals surface area contributed by atoms with E-state index >= 15 is 0 Å². The second-order valence-corrected chi connectivity index (χ2v) is 8.07. The van der Waals surface area contributed by atoms with E-state index in [0.717, 1.165) is 41.4 Å². The normalized spacial score (nSPS) is 16.5. The van der Waals surface area contributed by atoms with Crippen LogP contribution in [0.25, 0.3) is 5.70 Å². The van der Waals surface area contributed by atoms with Crippen LogP contribution in [0.4, 0.5) is 5.69 Å². The lowest BCUT2D eigenvalue weighted by atomic mass is 10.0. The van der Waals surface area contributed by atoms with Gasteiger partial charge in [0.2, 0.25) is 0 Å². The van der Waals surface area contributed by atoms with Crippen LogP contribution in [0.3, 0.4) is 0 Å². The van der Waals surface area contributed by atoms with Gasteiger partial charge in [0.15, 0.2) is 0 Å². The van der Waals surface area contributed by atoms with Gasteiger partial charge in [-0.05, 0) is 43.7 Å². The molecule has 1 aliphatic rings. The molecule has 0 unspecified atom stereocenters. The van der Waals surface area contributed by atoms with Gasteiger partial charge in [0.25, 0.3) is 5.91 Å². The topological polar surface area (TPSA) is 72.4 Å². The highest BCUT2D eigenvalue weighted by Gasteiger charge is 2.22. The second-order valence-electron chi connectivity index (χ2n) is 8.07. The third-order valence-corrected chi connectivity index (χ3v) is 5.17. The van der Waals surface area contributed by atoms with E-state index < -0.39 is 0 Å². The van der Waals surface area contributed by atoms with Gasteiger partial charge >= 0.3 is 0 Å². The van der Waals surface area contributed by atoms with Gasteiger partial charge in [-0.25, -0.2) is 4.99 Å². The summed E-state index contributed by atoms with van der Waals surface area (Å²) in [6, 6.07) is 13.3. The molecule has 1 aliphatic heterocycles. The van der Waals surface area contributed by atoms with Crippen LogP contribution in [0, 0.1) is 0 Å². The van der Waals surface area contributed by atoms with E-state index in [9.17, 15) is 4.79 Å². The highest BCUT2D eigenvalue weighted by Crippen LogP contribution is 2.28. The summed E-state index contributed by atoms with van der Waals surface area (Å²) >= 11 is 0. The van der Waals surface area contributed by atoms with Gasteiger partial charge < -0.3 is 24.4 Å². The molecular formula is C26H33N3O4. The number of amidine groups is 1. The highest BCUT2D eigenvalue weighted by atomic mass is 16.5. The first-order valence-electron chi connectivity index (χ1n) is 11.2. The van der Waals surface area contributed by atoms with Gasteiger partial charge in [-0.1, -0.05) is 19.1 Å². The fraction of sp³-hybridized carbons (Fsp3) is 0.385. The minimum Gasteiger partial charge on any atom is -0.497 e. The Morgan fingerprint density at radius 1 is 1.27 bits per heavy atom. The van der Waals surface area contributed by atoms with Crippen molar-refractivity contribution in [1.82, 2.24) is 4.90 Å². The third kappa shape index (κ3) is 6.58. The van der Waals surface area contributed by atoms with Crippen LogP contribution >= 0.6 is 0 Å². The van der Waals surface area contributed by atoms with Gasteiger partial charge in [0.1, 0.15) is 23.4 Å². The minimum atomic E-state index is -0.114. The number of hydrogen-bond donors (Lipinski definition) is 1. The molecule has 33 heavy (non-hydrogen) atoms. The van der Waals surface area contributed by atoms with Crippen LogP contribution < -0.4 is 14.8 Å². The number of allylic oxidation sites excluding steroid dienone is 1. The Morgan fingerprint density at radius 3 is 2.76 bits per heavy atom. The van der Waals surface area contributed by atoms with Crippen molar-refractivity contribution >= 4 is 23.1 Å². The van der Waals surface area contributed by atoms with Crippen molar-refractivity contribution in [1.29, 1.82) is 0 Å². The number of carbonyl (C=O) groups excluding carboxylic acids is 1. The van der Waals surface area contributed by atoms with Gasteiger partial charge in [-0.3, -0.25) is 4.79 Å². The zero-order valence-electron chi connectivity index (χ0n) is 20.1. The summed E-state index contributed by atoms with van der Waals surface area (Å²) in [5.74, 6) is 1.95. The molecule has 1 fully saturated rings. The van der Waals surface area contributed by atoms with E-state index in [1.54, 1.807) is 26.1 Å². The van der Waals surface area contributed by atoms with Crippen LogP contribution in [0.5, 0.6) is 11.5 Å². The molecule has 176 valence electrons. The van der Waals surface area contributed by atoms with Crippen LogP contribution in [-0.4, -0.2) is 57.2 Å². The van der Waals surface area contributed by atoms with Crippen molar-refractivity contribution in [2.45, 2.75) is 32.8 Å². The van der Waals surface area contributed by atoms with Crippen LogP contribution in [0.1, 0.15) is 42.6 Å². The molecule has 3 rings (SSSR count). The number of ether oxygens (including phenoxy) is 3. The number of nitrogens with zero attached hydrogens (tertiary/aromatic N) is 2. The standard InChI is InChI=1S/C26H33N3O4/c1-6-8-24(28-18(2)27-20-9-7-10-21(16-20)31-5)19-11-12-25(33-22-13-14-32-17-22)23(15-19)26(30)29(3)4/h7-12,15-16,22H,6,13-14,17H2,1-5H3,(H,27,28)/b24-8-/t22-/m0/s1. The molecule has 0 saturated carbocycles. The molecule has 1 heterocycles. The molecule has 0 bridgehead atoms. The maximum Gasteiger partial charge on any atom is 0.257 e. The fourth-order valence-corrected chi connectivity index (χ4v) is 3.53. The molecule has 1 amide bonds. The molecule has 0 radical (unpaired) electrons. The number of carbonyl (C=O) groups is 1. The number of amides is 1. The molecule has 2 aromatic rings. The van der Waals surface area contributed by atoms with E-state index in [1.165, 1.54) is 0 Å². The molecule has 0 spiro atoms. The van der Waals surface area contributed by atoms with Crippen molar-refractivity contribution in [3.63, 3.8) is 0 Å². The number of hydrogen-bond acceptors (Lipinski definition) is 5.